The molecule has 1 aromatic heterocycles. The highest BCUT2D eigenvalue weighted by molar-refractivity contribution is 6.78. The lowest BCUT2D eigenvalue weighted by molar-refractivity contribution is 0.166. The Morgan fingerprint density at radius 2 is 1.58 bits per heavy atom. The van der Waals surface area contributed by atoms with E-state index in [1.54, 1.807) is 0 Å². The number of ether oxygens (including phenoxy) is 1. The van der Waals surface area contributed by atoms with Gasteiger partial charge >= 0.3 is 0 Å². The smallest absolute Gasteiger partial charge is 0.258 e. The molecule has 1 aliphatic heterocycles. The Bertz CT molecular complexity index is 1150. The van der Waals surface area contributed by atoms with Crippen molar-refractivity contribution in [2.75, 3.05) is 0 Å². The van der Waals surface area contributed by atoms with Crippen molar-refractivity contribution in [3.05, 3.63) is 42.0 Å². The van der Waals surface area contributed by atoms with E-state index in [0.717, 1.165) is 17.0 Å². The van der Waals surface area contributed by atoms with E-state index in [1.165, 1.54) is 21.9 Å². The minimum absolute atomic E-state index is 0.349. The minimum atomic E-state index is -2.04. The van der Waals surface area contributed by atoms with Gasteiger partial charge in [-0.3, -0.25) is 0 Å². The number of aryl methyl sites for hydroxylation is 1. The molecule has 0 fully saturated rings. The predicted molar refractivity (Wildman–Crippen MR) is 136 cm³/mol. The molecule has 4 rings (SSSR count). The molecule has 1 aliphatic rings. The number of hydrogen-bond donors (Lipinski definition) is 0. The average Bonchev–Trinajstić information content (AvgIpc) is 2.88. The van der Waals surface area contributed by atoms with Crippen LogP contribution in [0.25, 0.3) is 28.0 Å². The molecule has 0 saturated carbocycles. The van der Waals surface area contributed by atoms with Crippen LogP contribution in [0, 0.1) is 6.92 Å². The second-order valence-corrected chi connectivity index (χ2v) is 16.0. The summed E-state index contributed by atoms with van der Waals surface area (Å²) in [6, 6.07) is 10.9. The predicted octanol–water partition coefficient (Wildman–Crippen LogP) is 8.30. The normalized spacial score (nSPS) is 15.9. The first-order valence-electron chi connectivity index (χ1n) is 11.6. The van der Waals surface area contributed by atoms with E-state index in [2.05, 4.69) is 109 Å². The third-order valence-electron chi connectivity index (χ3n) is 7.07. The number of nitrogens with zero attached hydrogens (tertiary/aromatic N) is 1. The first-order chi connectivity index (χ1) is 14.5. The van der Waals surface area contributed by atoms with Crippen molar-refractivity contribution < 1.29 is 9.16 Å². The van der Waals surface area contributed by atoms with Gasteiger partial charge in [0.15, 0.2) is 0 Å². The molecule has 0 aliphatic carbocycles. The maximum absolute atomic E-state index is 7.11. The molecule has 0 bridgehead atoms. The molecule has 166 valence electrons. The minimum Gasteiger partial charge on any atom is -0.542 e. The third-order valence-corrected chi connectivity index (χ3v) is 13.1. The summed E-state index contributed by atoms with van der Waals surface area (Å²) in [5, 5.41) is 2.48. The molecule has 3 nitrogen and oxygen atoms in total. The quantitative estimate of drug-likeness (QED) is 0.376. The van der Waals surface area contributed by atoms with Crippen LogP contribution in [0.5, 0.6) is 11.5 Å². The molecule has 0 N–H and O–H groups in total. The largest absolute Gasteiger partial charge is 0.542 e. The lowest BCUT2D eigenvalue weighted by atomic mass is 10.1. The maximum Gasteiger partial charge on any atom is 0.258 e. The topological polar surface area (TPSA) is 23.4 Å². The number of benzene rings is 2. The van der Waals surface area contributed by atoms with E-state index < -0.39 is 8.32 Å². The number of fused-ring (bicyclic) bond motifs is 3. The van der Waals surface area contributed by atoms with Gasteiger partial charge in [0.05, 0.1) is 11.0 Å². The fraction of sp³-hybridized carbons (Fsp3) is 0.481. The molecule has 2 heterocycles. The van der Waals surface area contributed by atoms with E-state index in [-0.39, 0.29) is 5.60 Å². The standard InChI is InChI=1S/C27H37NO2Si/c1-17(2)31(18(3)4,19(5)6)30-25-16-23-22(15-20(25)7)21-11-10-12-24-26(21)28(23)14-13-27(8,9)29-24/h10-19H,1-9H3. The van der Waals surface area contributed by atoms with Crippen LogP contribution in [0.3, 0.4) is 0 Å². The Hall–Kier alpha value is -2.20. The summed E-state index contributed by atoms with van der Waals surface area (Å²) in [6.07, 6.45) is 4.31. The molecular formula is C27H37NO2Si. The fourth-order valence-electron chi connectivity index (χ4n) is 5.66. The molecule has 0 spiro atoms. The van der Waals surface area contributed by atoms with Crippen LogP contribution in [0.2, 0.25) is 16.6 Å². The van der Waals surface area contributed by atoms with Crippen molar-refractivity contribution in [1.82, 2.24) is 4.57 Å². The summed E-state index contributed by atoms with van der Waals surface area (Å²) < 4.78 is 15.7. The van der Waals surface area contributed by atoms with Gasteiger partial charge in [0.1, 0.15) is 17.1 Å². The summed E-state index contributed by atoms with van der Waals surface area (Å²) in [4.78, 5) is 0. The van der Waals surface area contributed by atoms with Gasteiger partial charge < -0.3 is 13.7 Å². The first-order valence-corrected chi connectivity index (χ1v) is 13.8. The molecule has 3 aromatic rings. The van der Waals surface area contributed by atoms with E-state index >= 15 is 0 Å². The van der Waals surface area contributed by atoms with Gasteiger partial charge in [-0.1, -0.05) is 53.7 Å². The molecule has 0 radical (unpaired) electrons. The van der Waals surface area contributed by atoms with Crippen molar-refractivity contribution in [3.8, 4) is 11.5 Å². The van der Waals surface area contributed by atoms with Crippen LogP contribution in [-0.4, -0.2) is 18.5 Å². The van der Waals surface area contributed by atoms with Gasteiger partial charge in [0.25, 0.3) is 8.32 Å². The number of rotatable bonds is 5. The average molecular weight is 436 g/mol. The van der Waals surface area contributed by atoms with Crippen molar-refractivity contribution in [1.29, 1.82) is 0 Å². The van der Waals surface area contributed by atoms with Crippen molar-refractivity contribution >= 4 is 36.3 Å². The SMILES string of the molecule is Cc1cc2c3cccc4c3n(c2cc1O[Si](C(C)C)(C(C)C)C(C)C)C=CC(C)(C)O4. The van der Waals surface area contributed by atoms with Crippen LogP contribution in [0.15, 0.2) is 36.4 Å². The van der Waals surface area contributed by atoms with Gasteiger partial charge in [0.2, 0.25) is 0 Å². The third kappa shape index (κ3) is 3.40. The second-order valence-electron chi connectivity index (χ2n) is 10.6. The van der Waals surface area contributed by atoms with Gasteiger partial charge in [-0.05, 0) is 61.2 Å². The maximum atomic E-state index is 7.11. The van der Waals surface area contributed by atoms with Crippen LogP contribution in [0.4, 0.5) is 0 Å². The summed E-state index contributed by atoms with van der Waals surface area (Å²) in [5.41, 5.74) is 4.79. The molecule has 0 unspecified atom stereocenters. The Balaban J connectivity index is 1.97. The van der Waals surface area contributed by atoms with Crippen LogP contribution in [-0.2, 0) is 0 Å². The monoisotopic (exact) mass is 435 g/mol. The highest BCUT2D eigenvalue weighted by Crippen LogP contribution is 2.45. The van der Waals surface area contributed by atoms with Crippen molar-refractivity contribution in [3.63, 3.8) is 0 Å². The summed E-state index contributed by atoms with van der Waals surface area (Å²) in [7, 11) is -2.04. The molecule has 0 amide bonds. The summed E-state index contributed by atoms with van der Waals surface area (Å²) in [6.45, 7) is 20.4. The molecule has 0 saturated heterocycles. The number of hydrogen-bond acceptors (Lipinski definition) is 2. The molecular weight excluding hydrogens is 398 g/mol. The lowest BCUT2D eigenvalue weighted by Gasteiger charge is -2.42. The van der Waals surface area contributed by atoms with Gasteiger partial charge in [0, 0.05) is 23.0 Å². The van der Waals surface area contributed by atoms with E-state index in [4.69, 9.17) is 9.16 Å². The number of para-hydroxylation sites is 1. The van der Waals surface area contributed by atoms with Gasteiger partial charge in [-0.15, -0.1) is 0 Å². The second kappa shape index (κ2) is 7.44. The lowest BCUT2D eigenvalue weighted by Crippen LogP contribution is -2.50. The zero-order valence-corrected chi connectivity index (χ0v) is 21.5. The Morgan fingerprint density at radius 3 is 2.19 bits per heavy atom. The summed E-state index contributed by atoms with van der Waals surface area (Å²) in [5.74, 6) is 1.97. The Morgan fingerprint density at radius 1 is 0.935 bits per heavy atom. The Labute approximate surface area is 188 Å². The van der Waals surface area contributed by atoms with Crippen LogP contribution < -0.4 is 9.16 Å². The molecule has 0 atom stereocenters. The fourth-order valence-corrected chi connectivity index (χ4v) is 11.0. The van der Waals surface area contributed by atoms with Crippen LogP contribution in [0.1, 0.15) is 61.0 Å². The zero-order chi connectivity index (χ0) is 22.7. The molecule has 4 heteroatoms. The zero-order valence-electron chi connectivity index (χ0n) is 20.5. The molecule has 31 heavy (non-hydrogen) atoms. The van der Waals surface area contributed by atoms with E-state index in [0.29, 0.717) is 16.6 Å². The first kappa shape index (κ1) is 22.0. The van der Waals surface area contributed by atoms with E-state index in [1.807, 2.05) is 0 Å². The summed E-state index contributed by atoms with van der Waals surface area (Å²) >= 11 is 0. The highest BCUT2D eigenvalue weighted by Gasteiger charge is 2.47. The van der Waals surface area contributed by atoms with Crippen molar-refractivity contribution in [2.24, 2.45) is 0 Å². The van der Waals surface area contributed by atoms with Crippen LogP contribution >= 0.6 is 0 Å². The highest BCUT2D eigenvalue weighted by atomic mass is 28.4. The number of aromatic nitrogens is 1. The van der Waals surface area contributed by atoms with E-state index in [9.17, 15) is 0 Å². The molecule has 2 aromatic carbocycles. The van der Waals surface area contributed by atoms with Crippen molar-refractivity contribution in [2.45, 2.75) is 84.5 Å². The van der Waals surface area contributed by atoms with Gasteiger partial charge in [-0.25, -0.2) is 0 Å². The van der Waals surface area contributed by atoms with Gasteiger partial charge in [-0.2, -0.15) is 0 Å². The Kier molecular flexibility index (Phi) is 5.28.